The highest BCUT2D eigenvalue weighted by molar-refractivity contribution is 4.72. The fraction of sp³-hybridized carbons (Fsp3) is 1.00. The third-order valence-corrected chi connectivity index (χ3v) is 1.38. The molecule has 2 nitrogen and oxygen atoms in total. The Balaban J connectivity index is 2.26. The lowest BCUT2D eigenvalue weighted by molar-refractivity contribution is 0.137. The van der Waals surface area contributed by atoms with E-state index in [1.807, 2.05) is 0 Å². The van der Waals surface area contributed by atoms with E-state index in [0.29, 0.717) is 6.42 Å². The van der Waals surface area contributed by atoms with Gasteiger partial charge in [0.1, 0.15) is 0 Å². The van der Waals surface area contributed by atoms with Gasteiger partial charge in [-0.15, -0.1) is 0 Å². The molecule has 1 fully saturated rings. The molecular formula is C5H10O2. The average Bonchev–Trinajstić information content (AvgIpc) is 1.87. The van der Waals surface area contributed by atoms with Crippen molar-refractivity contribution in [2.24, 2.45) is 0 Å². The summed E-state index contributed by atoms with van der Waals surface area (Å²) >= 11 is 0. The molecule has 0 aromatic carbocycles. The molecule has 0 aliphatic heterocycles. The maximum Gasteiger partial charge on any atom is 0.0565 e. The van der Waals surface area contributed by atoms with Gasteiger partial charge in [-0.05, 0) is 19.3 Å². The van der Waals surface area contributed by atoms with Crippen molar-refractivity contribution >= 4 is 0 Å². The first-order chi connectivity index (χ1) is 3.29. The third-order valence-electron chi connectivity index (χ3n) is 1.38. The molecule has 1 aliphatic rings. The predicted molar refractivity (Wildman–Crippen MR) is 25.9 cm³/mol. The van der Waals surface area contributed by atoms with Gasteiger partial charge in [0.05, 0.1) is 12.2 Å². The Morgan fingerprint density at radius 1 is 1.00 bits per heavy atom. The first-order valence-corrected chi connectivity index (χ1v) is 2.65. The van der Waals surface area contributed by atoms with Crippen LogP contribution in [0.5, 0.6) is 0 Å². The number of hydrogen-bond donors (Lipinski definition) is 2. The fourth-order valence-electron chi connectivity index (χ4n) is 0.935. The molecule has 0 aromatic heterocycles. The number of aliphatic hydroxyl groups excluding tert-OH is 2. The normalized spacial score (nSPS) is 42.0. The number of rotatable bonds is 0. The molecule has 0 radical (unpaired) electrons. The summed E-state index contributed by atoms with van der Waals surface area (Å²) in [6.45, 7) is 0. The molecule has 1 aliphatic carbocycles. The van der Waals surface area contributed by atoms with Crippen molar-refractivity contribution in [2.45, 2.75) is 31.5 Å². The van der Waals surface area contributed by atoms with Gasteiger partial charge in [-0.2, -0.15) is 0 Å². The summed E-state index contributed by atoms with van der Waals surface area (Å²) in [4.78, 5) is 0. The van der Waals surface area contributed by atoms with Crippen molar-refractivity contribution in [3.63, 3.8) is 0 Å². The van der Waals surface area contributed by atoms with E-state index in [-0.39, 0.29) is 12.2 Å². The standard InChI is InChI=1S/C5H10O2/c6-4-1-2-5(7)3-4/h4-7H,1-3H2/t4-,5?/m1/s1. The van der Waals surface area contributed by atoms with E-state index in [1.165, 1.54) is 0 Å². The molecule has 0 saturated heterocycles. The van der Waals surface area contributed by atoms with Crippen LogP contribution in [0.4, 0.5) is 0 Å². The van der Waals surface area contributed by atoms with Gasteiger partial charge in [-0.3, -0.25) is 0 Å². The summed E-state index contributed by atoms with van der Waals surface area (Å²) < 4.78 is 0. The van der Waals surface area contributed by atoms with Crippen LogP contribution in [0.15, 0.2) is 0 Å². The Kier molecular flexibility index (Phi) is 1.30. The zero-order valence-corrected chi connectivity index (χ0v) is 4.17. The Morgan fingerprint density at radius 2 is 1.43 bits per heavy atom. The van der Waals surface area contributed by atoms with Gasteiger partial charge < -0.3 is 10.2 Å². The molecule has 0 spiro atoms. The molecule has 7 heavy (non-hydrogen) atoms. The van der Waals surface area contributed by atoms with E-state index >= 15 is 0 Å². The van der Waals surface area contributed by atoms with Crippen molar-refractivity contribution in [1.29, 1.82) is 0 Å². The first kappa shape index (κ1) is 5.06. The Labute approximate surface area is 42.8 Å². The molecule has 1 unspecified atom stereocenters. The SMILES string of the molecule is OC1CC[C@@H](O)C1. The lowest BCUT2D eigenvalue weighted by atomic mass is 10.3. The minimum Gasteiger partial charge on any atom is -0.393 e. The second kappa shape index (κ2) is 1.80. The lowest BCUT2D eigenvalue weighted by Gasteiger charge is -1.95. The van der Waals surface area contributed by atoms with E-state index in [2.05, 4.69) is 0 Å². The second-order valence-electron chi connectivity index (χ2n) is 2.12. The highest BCUT2D eigenvalue weighted by Gasteiger charge is 2.19. The number of aliphatic hydroxyl groups is 2. The van der Waals surface area contributed by atoms with E-state index in [0.717, 1.165) is 12.8 Å². The Bertz CT molecular complexity index is 55.1. The van der Waals surface area contributed by atoms with Crippen molar-refractivity contribution in [2.75, 3.05) is 0 Å². The fourth-order valence-corrected chi connectivity index (χ4v) is 0.935. The molecular weight excluding hydrogens is 92.1 g/mol. The zero-order valence-electron chi connectivity index (χ0n) is 4.17. The van der Waals surface area contributed by atoms with Gasteiger partial charge >= 0.3 is 0 Å². The third kappa shape index (κ3) is 1.14. The van der Waals surface area contributed by atoms with Gasteiger partial charge in [0.15, 0.2) is 0 Å². The first-order valence-electron chi connectivity index (χ1n) is 2.65. The molecule has 2 heteroatoms. The maximum absolute atomic E-state index is 8.74. The summed E-state index contributed by atoms with van der Waals surface area (Å²) in [6.07, 6.45) is 1.69. The minimum atomic E-state index is -0.227. The molecule has 2 N–H and O–H groups in total. The molecule has 42 valence electrons. The smallest absolute Gasteiger partial charge is 0.0565 e. The van der Waals surface area contributed by atoms with Crippen LogP contribution in [0.1, 0.15) is 19.3 Å². The largest absolute Gasteiger partial charge is 0.393 e. The molecule has 0 heterocycles. The van der Waals surface area contributed by atoms with Crippen LogP contribution < -0.4 is 0 Å². The van der Waals surface area contributed by atoms with Crippen LogP contribution >= 0.6 is 0 Å². The van der Waals surface area contributed by atoms with Crippen molar-refractivity contribution < 1.29 is 10.2 Å². The van der Waals surface area contributed by atoms with Gasteiger partial charge in [0.2, 0.25) is 0 Å². The van der Waals surface area contributed by atoms with Crippen LogP contribution in [-0.4, -0.2) is 22.4 Å². The summed E-state index contributed by atoms with van der Waals surface area (Å²) in [5, 5.41) is 17.5. The van der Waals surface area contributed by atoms with Crippen LogP contribution in [0.25, 0.3) is 0 Å². The highest BCUT2D eigenvalue weighted by Crippen LogP contribution is 2.17. The Hall–Kier alpha value is -0.0800. The van der Waals surface area contributed by atoms with Crippen LogP contribution in [0, 0.1) is 0 Å². The van der Waals surface area contributed by atoms with E-state index < -0.39 is 0 Å². The lowest BCUT2D eigenvalue weighted by Crippen LogP contribution is -2.02. The molecule has 2 atom stereocenters. The molecule has 0 amide bonds. The Morgan fingerprint density at radius 3 is 1.57 bits per heavy atom. The second-order valence-corrected chi connectivity index (χ2v) is 2.12. The van der Waals surface area contributed by atoms with Crippen LogP contribution in [-0.2, 0) is 0 Å². The molecule has 1 rings (SSSR count). The summed E-state index contributed by atoms with van der Waals surface area (Å²) in [5.74, 6) is 0. The molecule has 0 aromatic rings. The van der Waals surface area contributed by atoms with Crippen molar-refractivity contribution in [3.05, 3.63) is 0 Å². The monoisotopic (exact) mass is 102 g/mol. The zero-order chi connectivity index (χ0) is 5.28. The predicted octanol–water partition coefficient (Wildman–Crippen LogP) is -0.108. The van der Waals surface area contributed by atoms with E-state index in [1.54, 1.807) is 0 Å². The van der Waals surface area contributed by atoms with Gasteiger partial charge in [-0.1, -0.05) is 0 Å². The van der Waals surface area contributed by atoms with Gasteiger partial charge in [-0.25, -0.2) is 0 Å². The highest BCUT2D eigenvalue weighted by atomic mass is 16.3. The van der Waals surface area contributed by atoms with Crippen LogP contribution in [0.2, 0.25) is 0 Å². The molecule has 0 bridgehead atoms. The summed E-state index contributed by atoms with van der Waals surface area (Å²) in [6, 6.07) is 0. The van der Waals surface area contributed by atoms with Crippen LogP contribution in [0.3, 0.4) is 0 Å². The minimum absolute atomic E-state index is 0.227. The van der Waals surface area contributed by atoms with E-state index in [9.17, 15) is 0 Å². The summed E-state index contributed by atoms with van der Waals surface area (Å²) in [5.41, 5.74) is 0. The summed E-state index contributed by atoms with van der Waals surface area (Å²) in [7, 11) is 0. The van der Waals surface area contributed by atoms with E-state index in [4.69, 9.17) is 10.2 Å². The molecule has 1 saturated carbocycles. The van der Waals surface area contributed by atoms with Crippen molar-refractivity contribution in [1.82, 2.24) is 0 Å². The average molecular weight is 102 g/mol. The number of hydrogen-bond acceptors (Lipinski definition) is 2. The van der Waals surface area contributed by atoms with Gasteiger partial charge in [0, 0.05) is 0 Å². The van der Waals surface area contributed by atoms with Gasteiger partial charge in [0.25, 0.3) is 0 Å². The topological polar surface area (TPSA) is 40.5 Å². The quantitative estimate of drug-likeness (QED) is 0.448. The maximum atomic E-state index is 8.74. The van der Waals surface area contributed by atoms with Crippen molar-refractivity contribution in [3.8, 4) is 0 Å².